The van der Waals surface area contributed by atoms with Crippen LogP contribution < -0.4 is 5.32 Å². The Balaban J connectivity index is 1.34. The molecule has 1 fully saturated rings. The second-order valence-electron chi connectivity index (χ2n) is 12.2. The number of amides is 2. The highest BCUT2D eigenvalue weighted by Gasteiger charge is 2.37. The zero-order valence-corrected chi connectivity index (χ0v) is 27.0. The van der Waals surface area contributed by atoms with Gasteiger partial charge in [0.15, 0.2) is 5.82 Å². The molecule has 246 valence electrons. The molecule has 48 heavy (non-hydrogen) atoms. The molecule has 1 atom stereocenters. The summed E-state index contributed by atoms with van der Waals surface area (Å²) in [5, 5.41) is 23.6. The largest absolute Gasteiger partial charge is 0.508 e. The molecule has 2 heterocycles. The number of hydrogen-bond acceptors (Lipinski definition) is 7. The van der Waals surface area contributed by atoms with Gasteiger partial charge in [0, 0.05) is 35.4 Å². The number of nitrogens with one attached hydrogen (secondary N) is 1. The summed E-state index contributed by atoms with van der Waals surface area (Å²) in [4.78, 5) is 41.5. The zero-order chi connectivity index (χ0) is 33.9. The minimum Gasteiger partial charge on any atom is -0.508 e. The maximum absolute atomic E-state index is 15.3. The molecule has 1 unspecified atom stereocenters. The normalized spacial score (nSPS) is 19.1. The maximum atomic E-state index is 15.3. The molecule has 2 N–H and O–H groups in total. The number of aromatic nitrogens is 4. The topological polar surface area (TPSA) is 130 Å². The number of carbonyl (C=O) groups excluding carboxylic acids is 3. The fraction of sp³-hybridized carbons (Fsp3) is 0.278. The Bertz CT molecular complexity index is 1900. The van der Waals surface area contributed by atoms with E-state index in [1.165, 1.54) is 34.1 Å². The van der Waals surface area contributed by atoms with Gasteiger partial charge in [0.2, 0.25) is 5.91 Å². The van der Waals surface area contributed by atoms with E-state index in [0.29, 0.717) is 17.7 Å². The van der Waals surface area contributed by atoms with Gasteiger partial charge in [-0.05, 0) is 115 Å². The van der Waals surface area contributed by atoms with Gasteiger partial charge in [0.1, 0.15) is 23.9 Å². The van der Waals surface area contributed by atoms with Crippen LogP contribution in [0.2, 0.25) is 5.02 Å². The van der Waals surface area contributed by atoms with Crippen molar-refractivity contribution in [3.63, 3.8) is 0 Å². The molecule has 2 amide bonds. The lowest BCUT2D eigenvalue weighted by molar-refractivity contribution is -0.135. The number of carbonyl (C=O) groups is 3. The molecule has 0 saturated heterocycles. The molecule has 1 aliphatic heterocycles. The summed E-state index contributed by atoms with van der Waals surface area (Å²) in [6.07, 6.45) is 7.77. The number of tetrazole rings is 1. The number of anilines is 1. The third-order valence-corrected chi connectivity index (χ3v) is 9.61. The predicted octanol–water partition coefficient (Wildman–Crippen LogP) is 6.62. The van der Waals surface area contributed by atoms with Crippen molar-refractivity contribution < 1.29 is 23.9 Å². The highest BCUT2D eigenvalue weighted by Crippen LogP contribution is 2.42. The summed E-state index contributed by atoms with van der Waals surface area (Å²) in [6, 6.07) is 14.4. The van der Waals surface area contributed by atoms with Crippen molar-refractivity contribution in [2.45, 2.75) is 51.0 Å². The average Bonchev–Trinajstić information content (AvgIpc) is 3.63. The molecular formula is C36H34ClFN6O4. The van der Waals surface area contributed by atoms with Crippen LogP contribution in [0.4, 0.5) is 10.1 Å². The number of rotatable bonds is 8. The van der Waals surface area contributed by atoms with Crippen molar-refractivity contribution >= 4 is 46.7 Å². The van der Waals surface area contributed by atoms with Gasteiger partial charge in [-0.25, -0.2) is 4.39 Å². The summed E-state index contributed by atoms with van der Waals surface area (Å²) in [6.45, 7) is 5.43. The van der Waals surface area contributed by atoms with Gasteiger partial charge < -0.3 is 15.3 Å². The summed E-state index contributed by atoms with van der Waals surface area (Å²) >= 11 is 6.08. The molecule has 0 radical (unpaired) electrons. The highest BCUT2D eigenvalue weighted by molar-refractivity contribution is 6.31. The van der Waals surface area contributed by atoms with Crippen molar-refractivity contribution in [2.75, 3.05) is 11.9 Å². The predicted molar refractivity (Wildman–Crippen MR) is 180 cm³/mol. The van der Waals surface area contributed by atoms with Gasteiger partial charge in [0.25, 0.3) is 5.91 Å². The van der Waals surface area contributed by atoms with Crippen LogP contribution in [0.1, 0.15) is 72.4 Å². The minimum absolute atomic E-state index is 0.00979. The first-order valence-electron chi connectivity index (χ1n) is 15.7. The molecule has 3 aromatic carbocycles. The lowest BCUT2D eigenvalue weighted by Crippen LogP contribution is -2.45. The number of nitrogens with zero attached hydrogens (tertiary/aromatic N) is 5. The summed E-state index contributed by atoms with van der Waals surface area (Å²) in [5.41, 5.74) is 4.18. The van der Waals surface area contributed by atoms with Crippen molar-refractivity contribution in [3.05, 3.63) is 112 Å². The van der Waals surface area contributed by atoms with Crippen LogP contribution in [0, 0.1) is 11.7 Å². The van der Waals surface area contributed by atoms with E-state index in [1.54, 1.807) is 37.3 Å². The monoisotopic (exact) mass is 668 g/mol. The van der Waals surface area contributed by atoms with Crippen LogP contribution >= 0.6 is 11.6 Å². The van der Waals surface area contributed by atoms with E-state index in [9.17, 15) is 19.5 Å². The van der Waals surface area contributed by atoms with Crippen molar-refractivity contribution in [2.24, 2.45) is 5.92 Å². The van der Waals surface area contributed by atoms with Crippen LogP contribution in [-0.4, -0.2) is 54.4 Å². The van der Waals surface area contributed by atoms with Gasteiger partial charge >= 0.3 is 0 Å². The van der Waals surface area contributed by atoms with Crippen molar-refractivity contribution in [1.82, 2.24) is 25.1 Å². The molecule has 12 heteroatoms. The maximum Gasteiger partial charge on any atom is 0.251 e. The number of aliphatic hydroxyl groups excluding tert-OH is 1. The number of ketones is 1. The van der Waals surface area contributed by atoms with Crippen LogP contribution in [0.5, 0.6) is 0 Å². The second kappa shape index (κ2) is 13.9. The average molecular weight is 669 g/mol. The third kappa shape index (κ3) is 6.64. The minimum atomic E-state index is -0.991. The molecule has 0 spiro atoms. The Morgan fingerprint density at radius 1 is 1.04 bits per heavy atom. The highest BCUT2D eigenvalue weighted by atomic mass is 35.5. The van der Waals surface area contributed by atoms with Crippen LogP contribution in [-0.2, 0) is 20.8 Å². The van der Waals surface area contributed by atoms with Gasteiger partial charge in [-0.1, -0.05) is 36.4 Å². The van der Waals surface area contributed by atoms with E-state index in [1.807, 2.05) is 12.1 Å². The Labute approximate surface area is 281 Å². The van der Waals surface area contributed by atoms with E-state index in [2.05, 4.69) is 33.5 Å². The molecule has 2 aliphatic rings. The van der Waals surface area contributed by atoms with Gasteiger partial charge in [-0.3, -0.25) is 14.4 Å². The van der Waals surface area contributed by atoms with Crippen molar-refractivity contribution in [3.8, 4) is 5.69 Å². The molecule has 6 rings (SSSR count). The van der Waals surface area contributed by atoms with E-state index in [4.69, 9.17) is 11.6 Å². The molecule has 0 bridgehead atoms. The number of fused-ring (bicyclic) bond motifs is 1. The van der Waals surface area contributed by atoms with E-state index in [0.717, 1.165) is 42.4 Å². The van der Waals surface area contributed by atoms with E-state index < -0.39 is 23.7 Å². The van der Waals surface area contributed by atoms with Gasteiger partial charge in [-0.15, -0.1) is 5.10 Å². The number of aliphatic hydroxyl groups is 1. The summed E-state index contributed by atoms with van der Waals surface area (Å²) in [7, 11) is 0. The molecule has 4 aromatic rings. The second-order valence-corrected chi connectivity index (χ2v) is 12.6. The molecule has 10 nitrogen and oxygen atoms in total. The van der Waals surface area contributed by atoms with Crippen molar-refractivity contribution in [1.29, 1.82) is 0 Å². The Hall–Kier alpha value is -5.16. The number of halogens is 2. The Morgan fingerprint density at radius 3 is 2.44 bits per heavy atom. The van der Waals surface area contributed by atoms with Gasteiger partial charge in [-0.2, -0.15) is 4.68 Å². The molecule has 1 aromatic heterocycles. The number of benzene rings is 3. The molecule has 1 aliphatic carbocycles. The molecular weight excluding hydrogens is 635 g/mol. The summed E-state index contributed by atoms with van der Waals surface area (Å²) < 4.78 is 16.5. The van der Waals surface area contributed by atoms with E-state index in [-0.39, 0.29) is 46.2 Å². The Morgan fingerprint density at radius 2 is 1.77 bits per heavy atom. The fourth-order valence-electron chi connectivity index (χ4n) is 6.80. The zero-order valence-electron chi connectivity index (χ0n) is 26.3. The smallest absolute Gasteiger partial charge is 0.251 e. The first kappa shape index (κ1) is 32.8. The quantitative estimate of drug-likeness (QED) is 0.159. The van der Waals surface area contributed by atoms with Crippen LogP contribution in [0.25, 0.3) is 17.5 Å². The van der Waals surface area contributed by atoms with Gasteiger partial charge in [0.05, 0.1) is 10.7 Å². The SMILES string of the molecule is C=C(O)c1ccc(NC(=O)C2c3cccc(C4CCC(C(C)=O)CC4)c3CCN2C(=O)/C=C/c2c(-n3cnnn3)ccc(Cl)c2F)cc1. The third-order valence-electron chi connectivity index (χ3n) is 9.31. The standard InChI is InChI=1S/C36H34ClFN6O4/c1-21(45)23-6-8-25(9-7-23)27-4-3-5-29-28(27)18-19-43(35(29)36(48)40-26-12-10-24(11-13-26)22(2)46)33(47)17-14-30-32(44-20-39-41-42-44)16-15-31(37)34(30)38/h3-5,10-17,20,23,25,35,46H,2,6-9,18-19H2,1H3,(H,40,48)/b17-14+. The van der Waals surface area contributed by atoms with Crippen LogP contribution in [0.3, 0.4) is 0 Å². The lowest BCUT2D eigenvalue weighted by atomic mass is 9.74. The van der Waals surface area contributed by atoms with E-state index >= 15 is 4.39 Å². The van der Waals surface area contributed by atoms with Crippen LogP contribution in [0.15, 0.2) is 73.6 Å². The fourth-order valence-corrected chi connectivity index (χ4v) is 6.97. The Kier molecular flexibility index (Phi) is 9.49. The number of hydrogen-bond donors (Lipinski definition) is 2. The lowest BCUT2D eigenvalue weighted by Gasteiger charge is -2.38. The first-order valence-corrected chi connectivity index (χ1v) is 16.1. The number of Topliss-reactive ketones (excluding diaryl/α,β-unsaturated/α-hetero) is 1. The first-order chi connectivity index (χ1) is 23.1. The summed E-state index contributed by atoms with van der Waals surface area (Å²) in [5.74, 6) is -1.21. The molecule has 1 saturated carbocycles.